The van der Waals surface area contributed by atoms with Gasteiger partial charge in [-0.25, -0.2) is 19.1 Å². The molecule has 36 heavy (non-hydrogen) atoms. The predicted molar refractivity (Wildman–Crippen MR) is 125 cm³/mol. The van der Waals surface area contributed by atoms with Crippen molar-refractivity contribution in [3.63, 3.8) is 0 Å². The molecule has 194 valence electrons. The normalized spacial score (nSPS) is 13.3. The van der Waals surface area contributed by atoms with Crippen LogP contribution in [0.3, 0.4) is 0 Å². The average molecular weight is 529 g/mol. The Morgan fingerprint density at radius 2 is 1.64 bits per heavy atom. The maximum atomic E-state index is 13.2. The van der Waals surface area contributed by atoms with Crippen LogP contribution >= 0.6 is 11.6 Å². The Kier molecular flexibility index (Phi) is 8.77. The number of aliphatic hydroxyl groups excluding tert-OH is 2. The number of hydrogen-bond donors (Lipinski definition) is 3. The van der Waals surface area contributed by atoms with Crippen LogP contribution in [0.5, 0.6) is 5.75 Å². The summed E-state index contributed by atoms with van der Waals surface area (Å²) in [6.45, 7) is -0.222. The summed E-state index contributed by atoms with van der Waals surface area (Å²) >= 11 is 5.93. The van der Waals surface area contributed by atoms with Gasteiger partial charge in [0.25, 0.3) is 0 Å². The van der Waals surface area contributed by atoms with E-state index in [-0.39, 0.29) is 30.1 Å². The lowest BCUT2D eigenvalue weighted by atomic mass is 10.2. The Bertz CT molecular complexity index is 1340. The number of H-pyrrole nitrogens is 1. The molecule has 0 saturated carbocycles. The predicted octanol–water partition coefficient (Wildman–Crippen LogP) is 2.20. The Morgan fingerprint density at radius 1 is 1.03 bits per heavy atom. The van der Waals surface area contributed by atoms with E-state index >= 15 is 0 Å². The number of nitrogens with one attached hydrogen (secondary N) is 1. The van der Waals surface area contributed by atoms with E-state index in [1.54, 1.807) is 24.3 Å². The van der Waals surface area contributed by atoms with Crippen LogP contribution in [0.1, 0.15) is 12.5 Å². The minimum Gasteiger partial charge on any atom is -0.481 e. The Balaban J connectivity index is 2.05. The van der Waals surface area contributed by atoms with Crippen LogP contribution in [-0.4, -0.2) is 49.8 Å². The first-order valence-electron chi connectivity index (χ1n) is 10.8. The first kappa shape index (κ1) is 27.2. The third-order valence-corrected chi connectivity index (χ3v) is 5.49. The van der Waals surface area contributed by atoms with Crippen molar-refractivity contribution in [2.24, 2.45) is 10.9 Å². The van der Waals surface area contributed by atoms with E-state index in [0.717, 1.165) is 11.5 Å². The molecule has 0 radical (unpaired) electrons. The number of aromatic nitrogens is 3. The van der Waals surface area contributed by atoms with Crippen molar-refractivity contribution in [2.45, 2.75) is 32.3 Å². The minimum atomic E-state index is -4.52. The quantitative estimate of drug-likeness (QED) is 0.393. The second kappa shape index (κ2) is 11.6. The zero-order chi connectivity index (χ0) is 26.5. The smallest absolute Gasteiger partial charge is 0.425 e. The van der Waals surface area contributed by atoms with E-state index in [0.29, 0.717) is 10.6 Å². The van der Waals surface area contributed by atoms with Gasteiger partial charge in [0, 0.05) is 30.7 Å². The van der Waals surface area contributed by atoms with Gasteiger partial charge in [0.1, 0.15) is 5.75 Å². The SMILES string of the molecule is C[C@@H](Oc1ccc(/N=c2\[nH]c(=O)n(CC(CO)CO)c(=O)n2Cc2ccc(Cl)cc2)cc1)C(F)(F)F. The lowest BCUT2D eigenvalue weighted by Gasteiger charge is -2.17. The average Bonchev–Trinajstić information content (AvgIpc) is 2.83. The number of benzene rings is 2. The number of ether oxygens (including phenoxy) is 1. The third kappa shape index (κ3) is 6.86. The van der Waals surface area contributed by atoms with E-state index in [1.165, 1.54) is 28.8 Å². The molecular weight excluding hydrogens is 505 g/mol. The standard InChI is InChI=1S/C23H24ClF3N4O5/c1-14(23(25,26)27)36-19-8-6-18(7-9-19)28-20-29-21(34)31(11-16(12-32)13-33)22(35)30(20)10-15-2-4-17(24)5-3-15/h2-9,14,16,32-33H,10-13H2,1H3,(H,28,29,34)/t14-/m1/s1. The molecule has 0 bridgehead atoms. The lowest BCUT2D eigenvalue weighted by molar-refractivity contribution is -0.189. The molecule has 0 unspecified atom stereocenters. The van der Waals surface area contributed by atoms with Crippen LogP contribution in [0.2, 0.25) is 5.02 Å². The van der Waals surface area contributed by atoms with Crippen molar-refractivity contribution >= 4 is 17.3 Å². The summed E-state index contributed by atoms with van der Waals surface area (Å²) in [6, 6.07) is 12.0. The van der Waals surface area contributed by atoms with Gasteiger partial charge < -0.3 is 14.9 Å². The van der Waals surface area contributed by atoms with E-state index in [4.69, 9.17) is 16.3 Å². The molecule has 0 fully saturated rings. The summed E-state index contributed by atoms with van der Waals surface area (Å²) in [6.07, 6.45) is -6.53. The Morgan fingerprint density at radius 3 is 2.19 bits per heavy atom. The summed E-state index contributed by atoms with van der Waals surface area (Å²) in [4.78, 5) is 32.7. The summed E-state index contributed by atoms with van der Waals surface area (Å²) in [5, 5.41) is 19.2. The topological polar surface area (TPSA) is 122 Å². The van der Waals surface area contributed by atoms with Gasteiger partial charge in [-0.15, -0.1) is 0 Å². The minimum absolute atomic E-state index is 0.00117. The monoisotopic (exact) mass is 528 g/mol. The number of aromatic amines is 1. The van der Waals surface area contributed by atoms with Crippen molar-refractivity contribution in [3.05, 3.63) is 85.7 Å². The molecule has 0 spiro atoms. The first-order chi connectivity index (χ1) is 17.0. The van der Waals surface area contributed by atoms with Crippen molar-refractivity contribution < 1.29 is 28.1 Å². The van der Waals surface area contributed by atoms with Gasteiger partial charge >= 0.3 is 17.6 Å². The molecule has 1 heterocycles. The fourth-order valence-corrected chi connectivity index (χ4v) is 3.27. The molecule has 13 heteroatoms. The van der Waals surface area contributed by atoms with Crippen LogP contribution in [0.25, 0.3) is 0 Å². The lowest BCUT2D eigenvalue weighted by Crippen LogP contribution is -2.51. The number of hydrogen-bond acceptors (Lipinski definition) is 6. The summed E-state index contributed by atoms with van der Waals surface area (Å²) < 4.78 is 45.1. The number of aliphatic hydroxyl groups is 2. The summed E-state index contributed by atoms with van der Waals surface area (Å²) in [5.41, 5.74) is -0.751. The molecule has 0 aliphatic carbocycles. The molecule has 3 rings (SSSR count). The highest BCUT2D eigenvalue weighted by Gasteiger charge is 2.38. The van der Waals surface area contributed by atoms with E-state index < -0.39 is 42.8 Å². The van der Waals surface area contributed by atoms with Crippen molar-refractivity contribution in [1.82, 2.24) is 14.1 Å². The van der Waals surface area contributed by atoms with Gasteiger partial charge in [-0.2, -0.15) is 13.2 Å². The van der Waals surface area contributed by atoms with E-state index in [2.05, 4.69) is 9.98 Å². The van der Waals surface area contributed by atoms with Gasteiger partial charge in [0.15, 0.2) is 6.10 Å². The Hall–Kier alpha value is -3.35. The molecule has 3 aromatic rings. The largest absolute Gasteiger partial charge is 0.481 e. The molecule has 9 nitrogen and oxygen atoms in total. The van der Waals surface area contributed by atoms with Gasteiger partial charge in [-0.3, -0.25) is 9.55 Å². The molecule has 0 aliphatic rings. The maximum absolute atomic E-state index is 13.2. The van der Waals surface area contributed by atoms with Crippen LogP contribution in [-0.2, 0) is 13.1 Å². The molecule has 2 aromatic carbocycles. The number of halogens is 4. The highest BCUT2D eigenvalue weighted by Crippen LogP contribution is 2.26. The summed E-state index contributed by atoms with van der Waals surface area (Å²) in [7, 11) is 0. The maximum Gasteiger partial charge on any atom is 0.425 e. The third-order valence-electron chi connectivity index (χ3n) is 5.24. The molecular formula is C23H24ClF3N4O5. The van der Waals surface area contributed by atoms with Crippen molar-refractivity contribution in [3.8, 4) is 5.75 Å². The second-order valence-electron chi connectivity index (χ2n) is 8.00. The van der Waals surface area contributed by atoms with Gasteiger partial charge in [0.2, 0.25) is 5.62 Å². The van der Waals surface area contributed by atoms with Crippen LogP contribution < -0.4 is 21.7 Å². The van der Waals surface area contributed by atoms with Gasteiger partial charge in [0.05, 0.1) is 12.2 Å². The van der Waals surface area contributed by atoms with Crippen LogP contribution in [0.15, 0.2) is 63.1 Å². The summed E-state index contributed by atoms with van der Waals surface area (Å²) in [5.74, 6) is -0.766. The van der Waals surface area contributed by atoms with Gasteiger partial charge in [-0.1, -0.05) is 23.7 Å². The molecule has 1 aromatic heterocycles. The van der Waals surface area contributed by atoms with Crippen molar-refractivity contribution in [2.75, 3.05) is 13.2 Å². The van der Waals surface area contributed by atoms with E-state index in [1.807, 2.05) is 0 Å². The van der Waals surface area contributed by atoms with Crippen LogP contribution in [0, 0.1) is 5.92 Å². The fourth-order valence-electron chi connectivity index (χ4n) is 3.14. The van der Waals surface area contributed by atoms with E-state index in [9.17, 15) is 33.0 Å². The van der Waals surface area contributed by atoms with Gasteiger partial charge in [-0.05, 0) is 48.9 Å². The highest BCUT2D eigenvalue weighted by atomic mass is 35.5. The molecule has 0 saturated heterocycles. The molecule has 1 atom stereocenters. The second-order valence-corrected chi connectivity index (χ2v) is 8.43. The fraction of sp³-hybridized carbons (Fsp3) is 0.348. The van der Waals surface area contributed by atoms with Crippen LogP contribution in [0.4, 0.5) is 18.9 Å². The molecule has 3 N–H and O–H groups in total. The van der Waals surface area contributed by atoms with Crippen molar-refractivity contribution in [1.29, 1.82) is 0 Å². The molecule has 0 amide bonds. The Labute approximate surface area is 207 Å². The zero-order valence-electron chi connectivity index (χ0n) is 19.1. The number of nitrogens with zero attached hydrogens (tertiary/aromatic N) is 3. The highest BCUT2D eigenvalue weighted by molar-refractivity contribution is 6.30. The number of alkyl halides is 3. The first-order valence-corrected chi connectivity index (χ1v) is 11.2. The molecule has 0 aliphatic heterocycles. The zero-order valence-corrected chi connectivity index (χ0v) is 19.8. The number of rotatable bonds is 9.